The van der Waals surface area contributed by atoms with Crippen LogP contribution < -0.4 is 93.2 Å². The van der Waals surface area contributed by atoms with Crippen molar-refractivity contribution in [3.8, 4) is 0 Å². The Morgan fingerprint density at radius 3 is 0.388 bits per heavy atom. The minimum atomic E-state index is -3.92. The van der Waals surface area contributed by atoms with Crippen molar-refractivity contribution in [2.75, 3.05) is 17.3 Å². The predicted octanol–water partition coefficient (Wildman–Crippen LogP) is -3.73. The predicted molar refractivity (Wildman–Crippen MR) is 348 cm³/mol. The molecule has 606 valence electrons. The van der Waals surface area contributed by atoms with Crippen molar-refractivity contribution >= 4 is 159 Å². The fraction of sp³-hybridized carbons (Fsp3) is 0.185. The van der Waals surface area contributed by atoms with Crippen LogP contribution in [0.1, 0.15) is 12.8 Å². The number of amides is 6. The average molecular weight is 5530 g/mol. The molecular weight excluding hydrogens is 5440 g/mol. The van der Waals surface area contributed by atoms with Gasteiger partial charge < -0.3 is 265 Å². The van der Waals surface area contributed by atoms with Crippen LogP contribution in [-0.4, -0.2) is 80.0 Å². The van der Waals surface area contributed by atoms with Crippen molar-refractivity contribution in [2.45, 2.75) is 12.8 Å². The second-order valence-corrected chi connectivity index (χ2v) is 14.5. The Morgan fingerprint density at radius 1 is 0.330 bits per heavy atom. The molecule has 0 aromatic rings. The second-order valence-electron chi connectivity index (χ2n) is 6.30. The summed E-state index contributed by atoms with van der Waals surface area (Å²) >= 11 is 3.15. The van der Waals surface area contributed by atoms with Crippen molar-refractivity contribution in [2.24, 2.45) is 93.2 Å². The van der Waals surface area contributed by atoms with E-state index in [1.165, 1.54) is 0 Å². The third-order valence-corrected chi connectivity index (χ3v) is 2.03. The van der Waals surface area contributed by atoms with E-state index in [1.807, 2.05) is 0 Å². The van der Waals surface area contributed by atoms with Crippen LogP contribution in [0.3, 0.4) is 0 Å². The third-order valence-electron chi connectivity index (χ3n) is 1.00. The molecule has 6 amide bonds. The number of nitrogens with two attached hydrogens (primary N) is 19. The van der Waals surface area contributed by atoms with Gasteiger partial charge in [-0.3, -0.25) is 9.59 Å². The maximum Gasteiger partial charge on any atom is 0.187 e. The normalized spacial score (nSPS) is 6.10. The molecular formula is C27H94N22O28Rf15S11-30. The smallest absolute Gasteiger partial charge is 0.187 e. The van der Waals surface area contributed by atoms with Gasteiger partial charge in [-0.25, -0.2) is 40.7 Å². The Bertz CT molecular complexity index is 1640. The van der Waals surface area contributed by atoms with Crippen molar-refractivity contribution in [3.63, 3.8) is 0 Å². The standard InChI is InChI=1S/2C3H6NO.3C2H6NO2S.4CH2NO.11CH3.3H3N2O2S.5H2NO2S.2H2N.15Rf/c2*1-2-3(4)5;3*1-2-6-5-4-3;4*2-1-3;;;;;;;;;;;;3*1-5(2,3)4;5*1-4(2)3;;;;;;;;;;;;;;;;;/h2*1-2H2,(H2,4,5);3*1-3H2;4*(H2,2,3);11*1H3;3*(H3-,1,2,3,4);5*(H2,1,2,3);2*1H2;;;;;;;;;;;;;;;/q30*-1;;;;;;;;;;;;;;;. The van der Waals surface area contributed by atoms with Gasteiger partial charge in [0.2, 0.25) is 0 Å². The zero-order valence-corrected chi connectivity index (χ0v) is 165. The van der Waals surface area contributed by atoms with E-state index in [2.05, 4.69) is 156 Å². The quantitative estimate of drug-likeness (QED) is 0.0180. The van der Waals surface area contributed by atoms with E-state index in [0.717, 1.165) is 61.8 Å². The van der Waals surface area contributed by atoms with E-state index >= 15 is 0 Å². The van der Waals surface area contributed by atoms with E-state index in [4.69, 9.17) is 102 Å². The fourth-order valence-corrected chi connectivity index (χ4v) is 0.556. The van der Waals surface area contributed by atoms with Crippen LogP contribution in [0.25, 0.3) is 27.7 Å². The zero-order valence-electron chi connectivity index (χ0n) is 60.1. The van der Waals surface area contributed by atoms with Gasteiger partial charge in [-0.2, -0.15) is 43.3 Å². The number of nitrogens with one attached hydrogen (secondary N) is 3. The first-order valence-electron chi connectivity index (χ1n) is 13.9. The van der Waals surface area contributed by atoms with E-state index in [1.54, 1.807) is 0 Å². The minimum absolute atomic E-state index is 0. The van der Waals surface area contributed by atoms with Crippen LogP contribution in [0.15, 0.2) is 0 Å². The van der Waals surface area contributed by atoms with E-state index in [0.29, 0.717) is 17.3 Å². The van der Waals surface area contributed by atoms with Crippen LogP contribution in [0, 0.1) is 116 Å². The van der Waals surface area contributed by atoms with Crippen molar-refractivity contribution in [3.05, 3.63) is 144 Å². The summed E-state index contributed by atoms with van der Waals surface area (Å²) in [7, 11) is -23.6. The topological polar surface area (TPSA) is 1010 Å². The number of primary amides is 6. The average Bonchev–Trinajstić information content (AvgIpc) is 3.18. The van der Waals surface area contributed by atoms with Crippen molar-refractivity contribution < 1.29 is 124 Å². The summed E-state index contributed by atoms with van der Waals surface area (Å²) in [6, 6.07) is 0. The molecule has 0 fully saturated rings. The first-order chi connectivity index (χ1) is 33.6. The summed E-state index contributed by atoms with van der Waals surface area (Å²) < 4.78 is 155. The van der Waals surface area contributed by atoms with Crippen LogP contribution in [-0.2, 0) is 184 Å². The molecule has 0 radical (unpaired) electrons. The van der Waals surface area contributed by atoms with Crippen molar-refractivity contribution in [1.29, 1.82) is 0 Å². The van der Waals surface area contributed by atoms with Gasteiger partial charge in [0, 0.05) is 36.1 Å². The number of hydrogen-bond acceptors (Lipinski definition) is 39. The molecule has 41 N–H and O–H groups in total. The monoisotopic (exact) mass is 5530 g/mol. The van der Waals surface area contributed by atoms with Gasteiger partial charge in [-0.05, 0) is 54.5 Å². The molecule has 0 atom stereocenters. The second kappa shape index (κ2) is 383. The number of rotatable bonds is 11. The molecule has 0 aliphatic rings. The molecule has 0 rings (SSSR count). The van der Waals surface area contributed by atoms with Gasteiger partial charge in [0.15, 0.2) is 11.8 Å². The summed E-state index contributed by atoms with van der Waals surface area (Å²) in [5.41, 5.74) is 25.3. The summed E-state index contributed by atoms with van der Waals surface area (Å²) in [6.45, 7) is 16.7. The van der Waals surface area contributed by atoms with E-state index < -0.39 is 85.1 Å². The van der Waals surface area contributed by atoms with Gasteiger partial charge >= 0.3 is 0 Å². The molecule has 0 aromatic carbocycles. The molecule has 0 bridgehead atoms. The van der Waals surface area contributed by atoms with Gasteiger partial charge in [-0.15, -0.1) is 58.1 Å². The molecule has 0 spiro atoms. The van der Waals surface area contributed by atoms with Gasteiger partial charge in [-0.1, -0.05) is 0 Å². The van der Waals surface area contributed by atoms with Gasteiger partial charge in [0.1, 0.15) is 30.6 Å². The van der Waals surface area contributed by atoms with Crippen molar-refractivity contribution in [1.82, 2.24) is 0 Å². The Kier molecular flexibility index (Phi) is 1400. The molecule has 76 heteroatoms. The molecule has 0 aliphatic carbocycles. The Labute approximate surface area is 546 Å². The third kappa shape index (κ3) is 19000. The SMILES string of the molecule is N[C-]=O.N[C-]=O.N[C-]=O.N[C-]=O.N[S-](=O)=O.N[S-](=O)=O.N[S-](=O)=O.N[S-](=O)=O.N[S-](=O)=O.[CH2-]CC(N)=O.[CH2-]CC(N)=O.[CH2-]CSOON.[CH2-]CSOON.[CH2-]CSOON.[CH3-].[CH3-].[CH3-].[CH3-].[CH3-].[CH3-].[CH3-].[CH3-].[CH3-].[CH3-].[CH3-].[NH-]S(N)(=O)=O.[NH-]S(N)(=O)=O.[NH-]S(N)(=O)=O.[NH2-].[NH2-].[Rf].[Rf].[Rf].[Rf].[Rf].[Rf].[Rf].[Rf].[Rf].[Rf].[Rf].[Rf].[Rf].[Rf].[Rf]. The van der Waals surface area contributed by atoms with Crippen LogP contribution >= 0.6 is 36.1 Å². The minimum Gasteiger partial charge on any atom is -0.693 e. The largest absolute Gasteiger partial charge is 0.693 e. The molecule has 0 saturated heterocycles. The number of carbonyl (C=O) groups is 2. The van der Waals surface area contributed by atoms with Crippen LogP contribution in [0.4, 0.5) is 0 Å². The zero-order chi connectivity index (χ0) is 65.3. The summed E-state index contributed by atoms with van der Waals surface area (Å²) in [5.74, 6) is 14.4. The Balaban J connectivity index is -0.00000000796. The molecule has 0 aliphatic heterocycles. The first-order valence-corrected chi connectivity index (χ1v) is 27.0. The molecule has 50 nitrogen and oxygen atoms in total. The fourth-order valence-electron chi connectivity index (χ4n) is 0.185. The van der Waals surface area contributed by atoms with E-state index in [9.17, 15) is 9.59 Å². The maximum atomic E-state index is 9.53. The molecule has 0 aromatic heterocycles. The summed E-state index contributed by atoms with van der Waals surface area (Å²) in [6.07, 6.45) is 4.39. The van der Waals surface area contributed by atoms with Gasteiger partial charge in [0.25, 0.3) is 0 Å². The summed E-state index contributed by atoms with van der Waals surface area (Å²) in [4.78, 5) is 64.0. The van der Waals surface area contributed by atoms with Crippen LogP contribution in [0.2, 0.25) is 0 Å². The number of hydrogen-bond donors (Lipinski definition) is 17. The molecule has 0 saturated carbocycles. The first kappa shape index (κ1) is 377. The summed E-state index contributed by atoms with van der Waals surface area (Å²) in [5, 5.41) is 49.2. The molecule has 0 heterocycles. The molecule has 103 heavy (non-hydrogen) atoms. The Morgan fingerprint density at radius 2 is 0.379 bits per heavy atom. The Hall–Kier alpha value is -18.4. The maximum absolute atomic E-state index is 9.53. The van der Waals surface area contributed by atoms with Gasteiger partial charge in [0.05, 0.1) is 0 Å². The molecule has 0 unspecified atom stereocenters. The van der Waals surface area contributed by atoms with E-state index in [-0.39, 0.29) is 119 Å². The van der Waals surface area contributed by atoms with Crippen LogP contribution in [0.5, 0.6) is 0 Å². The number of carbonyl (C=O) groups excluding carboxylic acids is 6.